The summed E-state index contributed by atoms with van der Waals surface area (Å²) in [5, 5.41) is 0. The van der Waals surface area contributed by atoms with E-state index in [4.69, 9.17) is 10.5 Å². The Hall–Kier alpha value is -1.88. The molecule has 1 fully saturated rings. The van der Waals surface area contributed by atoms with Crippen molar-refractivity contribution in [2.75, 3.05) is 18.9 Å². The van der Waals surface area contributed by atoms with Crippen LogP contribution in [0.5, 0.6) is 0 Å². The molecule has 112 valence electrons. The van der Waals surface area contributed by atoms with Crippen molar-refractivity contribution in [2.45, 2.75) is 38.2 Å². The van der Waals surface area contributed by atoms with Crippen LogP contribution in [0.15, 0.2) is 18.2 Å². The quantitative estimate of drug-likeness (QED) is 0.681. The fraction of sp³-hybridized carbons (Fsp3) is 0.500. The molecule has 0 atom stereocenters. The second kappa shape index (κ2) is 5.85. The Labute approximate surface area is 124 Å². The predicted molar refractivity (Wildman–Crippen MR) is 79.0 cm³/mol. The Morgan fingerprint density at radius 3 is 2.57 bits per heavy atom. The second-order valence-electron chi connectivity index (χ2n) is 5.70. The molecule has 2 amide bonds. The SMILES string of the molecule is Nc1ccc2c(c1)C(=O)N(CCOC1CCCCC1)C2=O. The number of anilines is 1. The van der Waals surface area contributed by atoms with Gasteiger partial charge in [-0.25, -0.2) is 0 Å². The van der Waals surface area contributed by atoms with E-state index < -0.39 is 0 Å². The molecule has 0 unspecified atom stereocenters. The third kappa shape index (κ3) is 2.78. The monoisotopic (exact) mass is 288 g/mol. The highest BCUT2D eigenvalue weighted by atomic mass is 16.5. The summed E-state index contributed by atoms with van der Waals surface area (Å²) >= 11 is 0. The molecule has 1 aromatic rings. The van der Waals surface area contributed by atoms with E-state index in [0.29, 0.717) is 30.0 Å². The van der Waals surface area contributed by atoms with Gasteiger partial charge in [0.1, 0.15) is 0 Å². The van der Waals surface area contributed by atoms with Crippen molar-refractivity contribution in [2.24, 2.45) is 0 Å². The van der Waals surface area contributed by atoms with E-state index in [1.807, 2.05) is 0 Å². The Morgan fingerprint density at radius 1 is 1.10 bits per heavy atom. The first kappa shape index (κ1) is 14.1. The minimum absolute atomic E-state index is 0.248. The molecule has 0 radical (unpaired) electrons. The number of nitrogen functional groups attached to an aromatic ring is 1. The maximum Gasteiger partial charge on any atom is 0.261 e. The highest BCUT2D eigenvalue weighted by Crippen LogP contribution is 2.25. The topological polar surface area (TPSA) is 72.6 Å². The molecule has 2 aliphatic rings. The third-order valence-electron chi connectivity index (χ3n) is 4.22. The zero-order chi connectivity index (χ0) is 14.8. The molecule has 21 heavy (non-hydrogen) atoms. The summed E-state index contributed by atoms with van der Waals surface area (Å²) in [6.45, 7) is 0.717. The van der Waals surface area contributed by atoms with Crippen molar-refractivity contribution in [1.82, 2.24) is 4.90 Å². The third-order valence-corrected chi connectivity index (χ3v) is 4.22. The highest BCUT2D eigenvalue weighted by molar-refractivity contribution is 6.21. The standard InChI is InChI=1S/C16H20N2O3/c17-11-6-7-13-14(10-11)16(20)18(15(13)19)8-9-21-12-4-2-1-3-5-12/h6-7,10,12H,1-5,8-9,17H2. The zero-order valence-corrected chi connectivity index (χ0v) is 12.0. The minimum atomic E-state index is -0.269. The van der Waals surface area contributed by atoms with Crippen LogP contribution in [0.25, 0.3) is 0 Å². The first-order valence-electron chi connectivity index (χ1n) is 7.54. The Balaban J connectivity index is 1.59. The number of hydrogen-bond acceptors (Lipinski definition) is 4. The van der Waals surface area contributed by atoms with Gasteiger partial charge in [0.15, 0.2) is 0 Å². The molecule has 1 saturated carbocycles. The van der Waals surface area contributed by atoms with Crippen LogP contribution >= 0.6 is 0 Å². The molecule has 1 aliphatic carbocycles. The molecule has 1 heterocycles. The summed E-state index contributed by atoms with van der Waals surface area (Å²) < 4.78 is 5.79. The Kier molecular flexibility index (Phi) is 3.92. The number of amides is 2. The van der Waals surface area contributed by atoms with Crippen LogP contribution < -0.4 is 5.73 Å². The average Bonchev–Trinajstić information content (AvgIpc) is 2.73. The van der Waals surface area contributed by atoms with Crippen LogP contribution in [0.1, 0.15) is 52.8 Å². The van der Waals surface area contributed by atoms with Gasteiger partial charge in [0.25, 0.3) is 11.8 Å². The molecule has 3 rings (SSSR count). The van der Waals surface area contributed by atoms with E-state index in [1.165, 1.54) is 24.2 Å². The van der Waals surface area contributed by atoms with Crippen LogP contribution in [0.2, 0.25) is 0 Å². The first-order chi connectivity index (χ1) is 10.2. The van der Waals surface area contributed by atoms with E-state index in [2.05, 4.69) is 0 Å². The van der Waals surface area contributed by atoms with Crippen molar-refractivity contribution in [3.63, 3.8) is 0 Å². The van der Waals surface area contributed by atoms with Crippen molar-refractivity contribution >= 4 is 17.5 Å². The van der Waals surface area contributed by atoms with Crippen LogP contribution in [-0.2, 0) is 4.74 Å². The van der Waals surface area contributed by atoms with Crippen molar-refractivity contribution in [1.29, 1.82) is 0 Å². The largest absolute Gasteiger partial charge is 0.399 e. The van der Waals surface area contributed by atoms with Gasteiger partial charge in [0.05, 0.1) is 30.4 Å². The Bertz CT molecular complexity index is 565. The summed E-state index contributed by atoms with van der Waals surface area (Å²) in [7, 11) is 0. The van der Waals surface area contributed by atoms with Crippen molar-refractivity contribution in [3.05, 3.63) is 29.3 Å². The first-order valence-corrected chi connectivity index (χ1v) is 7.54. The second-order valence-corrected chi connectivity index (χ2v) is 5.70. The number of fused-ring (bicyclic) bond motifs is 1. The zero-order valence-electron chi connectivity index (χ0n) is 12.0. The number of carbonyl (C=O) groups is 2. The highest BCUT2D eigenvalue weighted by Gasteiger charge is 2.35. The van der Waals surface area contributed by atoms with Gasteiger partial charge >= 0.3 is 0 Å². The van der Waals surface area contributed by atoms with Gasteiger partial charge in [-0.3, -0.25) is 14.5 Å². The lowest BCUT2D eigenvalue weighted by molar-refractivity contribution is 0.0168. The van der Waals surface area contributed by atoms with Gasteiger partial charge in [-0.15, -0.1) is 0 Å². The number of hydrogen-bond donors (Lipinski definition) is 1. The van der Waals surface area contributed by atoms with Gasteiger partial charge in [-0.05, 0) is 31.0 Å². The van der Waals surface area contributed by atoms with E-state index in [9.17, 15) is 9.59 Å². The lowest BCUT2D eigenvalue weighted by Gasteiger charge is -2.23. The van der Waals surface area contributed by atoms with E-state index >= 15 is 0 Å². The van der Waals surface area contributed by atoms with Crippen LogP contribution in [0, 0.1) is 0 Å². The summed E-state index contributed by atoms with van der Waals surface area (Å²) in [5.74, 6) is -0.517. The van der Waals surface area contributed by atoms with Crippen LogP contribution in [-0.4, -0.2) is 36.0 Å². The Morgan fingerprint density at radius 2 is 1.81 bits per heavy atom. The fourth-order valence-electron chi connectivity index (χ4n) is 3.05. The molecule has 0 aromatic heterocycles. The number of rotatable bonds is 4. The molecule has 0 spiro atoms. The van der Waals surface area contributed by atoms with Crippen molar-refractivity contribution in [3.8, 4) is 0 Å². The molecule has 5 heteroatoms. The maximum atomic E-state index is 12.2. The molecule has 5 nitrogen and oxygen atoms in total. The number of ether oxygens (including phenoxy) is 1. The minimum Gasteiger partial charge on any atom is -0.399 e. The van der Waals surface area contributed by atoms with Gasteiger partial charge < -0.3 is 10.5 Å². The molecular weight excluding hydrogens is 268 g/mol. The molecule has 1 aliphatic heterocycles. The average molecular weight is 288 g/mol. The van der Waals surface area contributed by atoms with Crippen LogP contribution in [0.4, 0.5) is 5.69 Å². The number of nitrogens with zero attached hydrogens (tertiary/aromatic N) is 1. The van der Waals surface area contributed by atoms with Gasteiger partial charge in [-0.1, -0.05) is 19.3 Å². The molecule has 0 bridgehead atoms. The molecule has 2 N–H and O–H groups in total. The smallest absolute Gasteiger partial charge is 0.261 e. The van der Waals surface area contributed by atoms with Gasteiger partial charge in [0.2, 0.25) is 0 Å². The van der Waals surface area contributed by atoms with Gasteiger partial charge in [0, 0.05) is 5.69 Å². The number of carbonyl (C=O) groups excluding carboxylic acids is 2. The molecule has 1 aromatic carbocycles. The van der Waals surface area contributed by atoms with Crippen LogP contribution in [0.3, 0.4) is 0 Å². The van der Waals surface area contributed by atoms with E-state index in [0.717, 1.165) is 12.8 Å². The van der Waals surface area contributed by atoms with Crippen molar-refractivity contribution < 1.29 is 14.3 Å². The normalized spacial score (nSPS) is 19.1. The summed E-state index contributed by atoms with van der Waals surface area (Å²) in [4.78, 5) is 25.7. The summed E-state index contributed by atoms with van der Waals surface area (Å²) in [6.07, 6.45) is 6.13. The summed E-state index contributed by atoms with van der Waals surface area (Å²) in [5.41, 5.74) is 7.01. The molecule has 0 saturated heterocycles. The number of nitrogens with two attached hydrogens (primary N) is 1. The number of benzene rings is 1. The van der Waals surface area contributed by atoms with E-state index in [-0.39, 0.29) is 17.9 Å². The van der Waals surface area contributed by atoms with Gasteiger partial charge in [-0.2, -0.15) is 0 Å². The lowest BCUT2D eigenvalue weighted by Crippen LogP contribution is -2.34. The predicted octanol–water partition coefficient (Wildman–Crippen LogP) is 2.21. The van der Waals surface area contributed by atoms with E-state index in [1.54, 1.807) is 18.2 Å². The fourth-order valence-corrected chi connectivity index (χ4v) is 3.05. The summed E-state index contributed by atoms with van der Waals surface area (Å²) in [6, 6.07) is 4.83. The number of imide groups is 1. The molecular formula is C16H20N2O3. The maximum absolute atomic E-state index is 12.2. The lowest BCUT2D eigenvalue weighted by atomic mass is 9.98.